The van der Waals surface area contributed by atoms with E-state index in [1.54, 1.807) is 7.11 Å². The van der Waals surface area contributed by atoms with Crippen molar-refractivity contribution in [2.45, 2.75) is 6.10 Å². The molecule has 0 aliphatic rings. The van der Waals surface area contributed by atoms with Crippen molar-refractivity contribution >= 4 is 31.9 Å². The Morgan fingerprint density at radius 1 is 1.54 bits per heavy atom. The molecule has 1 rings (SSSR count). The Balaban J connectivity index is 2.95. The van der Waals surface area contributed by atoms with Crippen LogP contribution in [0.5, 0.6) is 5.75 Å². The zero-order chi connectivity index (χ0) is 9.84. The third kappa shape index (κ3) is 2.69. The Morgan fingerprint density at radius 3 is 2.69 bits per heavy atom. The van der Waals surface area contributed by atoms with Crippen molar-refractivity contribution in [3.63, 3.8) is 0 Å². The lowest BCUT2D eigenvalue weighted by Gasteiger charge is -2.09. The number of methoxy groups -OCH3 is 1. The quantitative estimate of drug-likeness (QED) is 0.870. The number of aliphatic hydroxyl groups excluding tert-OH is 1. The maximum absolute atomic E-state index is 9.51. The molecule has 0 heterocycles. The fraction of sp³-hybridized carbons (Fsp3) is 0.333. The first-order valence-electron chi connectivity index (χ1n) is 3.76. The normalized spacial score (nSPS) is 12.6. The van der Waals surface area contributed by atoms with Crippen LogP contribution in [-0.4, -0.2) is 17.5 Å². The summed E-state index contributed by atoms with van der Waals surface area (Å²) in [7, 11) is 1.61. The predicted molar refractivity (Wildman–Crippen MR) is 59.4 cm³/mol. The molecule has 1 atom stereocenters. The minimum Gasteiger partial charge on any atom is -0.496 e. The topological polar surface area (TPSA) is 29.5 Å². The van der Waals surface area contributed by atoms with Crippen LogP contribution >= 0.6 is 31.9 Å². The molecule has 1 aromatic carbocycles. The van der Waals surface area contributed by atoms with Crippen LogP contribution in [0.25, 0.3) is 0 Å². The first-order valence-corrected chi connectivity index (χ1v) is 5.68. The molecule has 2 nitrogen and oxygen atoms in total. The molecule has 4 heteroatoms. The molecule has 0 aliphatic carbocycles. The second-order valence-electron chi connectivity index (χ2n) is 2.56. The highest BCUT2D eigenvalue weighted by Crippen LogP contribution is 2.28. The summed E-state index contributed by atoms with van der Waals surface area (Å²) in [6.45, 7) is 0. The average molecular weight is 310 g/mol. The minimum absolute atomic E-state index is 0.470. The smallest absolute Gasteiger partial charge is 0.133 e. The molecule has 0 spiro atoms. The summed E-state index contributed by atoms with van der Waals surface area (Å²) < 4.78 is 5.93. The lowest BCUT2D eigenvalue weighted by atomic mass is 10.1. The molecule has 72 valence electrons. The van der Waals surface area contributed by atoms with Crippen LogP contribution in [0, 0.1) is 0 Å². The SMILES string of the molecule is COc1ccc(C(O)CBr)cc1Br. The van der Waals surface area contributed by atoms with Crippen LogP contribution in [0.3, 0.4) is 0 Å². The van der Waals surface area contributed by atoms with E-state index in [9.17, 15) is 5.11 Å². The molecule has 0 saturated heterocycles. The molecule has 0 aliphatic heterocycles. The van der Waals surface area contributed by atoms with E-state index in [4.69, 9.17) is 4.74 Å². The van der Waals surface area contributed by atoms with Crippen LogP contribution in [0.15, 0.2) is 22.7 Å². The summed E-state index contributed by atoms with van der Waals surface area (Å²) in [6.07, 6.45) is -0.470. The number of hydrogen-bond acceptors (Lipinski definition) is 2. The Bertz CT molecular complexity index is 289. The van der Waals surface area contributed by atoms with Gasteiger partial charge in [-0.25, -0.2) is 0 Å². The molecule has 0 saturated carbocycles. The van der Waals surface area contributed by atoms with Gasteiger partial charge < -0.3 is 9.84 Å². The van der Waals surface area contributed by atoms with Gasteiger partial charge in [0.15, 0.2) is 0 Å². The van der Waals surface area contributed by atoms with Gasteiger partial charge in [-0.2, -0.15) is 0 Å². The summed E-state index contributed by atoms with van der Waals surface area (Å²) in [5.74, 6) is 0.769. The van der Waals surface area contributed by atoms with Gasteiger partial charge in [0.05, 0.1) is 17.7 Å². The van der Waals surface area contributed by atoms with Gasteiger partial charge in [0.1, 0.15) is 5.75 Å². The van der Waals surface area contributed by atoms with Gasteiger partial charge in [-0.05, 0) is 33.6 Å². The second-order valence-corrected chi connectivity index (χ2v) is 4.07. The molecule has 1 N–H and O–H groups in total. The molecular weight excluding hydrogens is 300 g/mol. The summed E-state index contributed by atoms with van der Waals surface area (Å²) in [6, 6.07) is 5.52. The highest BCUT2D eigenvalue weighted by atomic mass is 79.9. The highest BCUT2D eigenvalue weighted by molar-refractivity contribution is 9.10. The third-order valence-corrected chi connectivity index (χ3v) is 2.94. The largest absolute Gasteiger partial charge is 0.496 e. The van der Waals surface area contributed by atoms with E-state index in [0.29, 0.717) is 5.33 Å². The molecule has 0 radical (unpaired) electrons. The minimum atomic E-state index is -0.470. The first kappa shape index (κ1) is 11.0. The summed E-state index contributed by atoms with van der Waals surface area (Å²) in [5.41, 5.74) is 0.865. The van der Waals surface area contributed by atoms with E-state index >= 15 is 0 Å². The van der Waals surface area contributed by atoms with Crippen LogP contribution in [-0.2, 0) is 0 Å². The van der Waals surface area contributed by atoms with Gasteiger partial charge in [-0.15, -0.1) is 0 Å². The van der Waals surface area contributed by atoms with Crippen molar-refractivity contribution < 1.29 is 9.84 Å². The number of halogens is 2. The third-order valence-electron chi connectivity index (χ3n) is 1.71. The molecular formula is C9H10Br2O2. The number of alkyl halides is 1. The van der Waals surface area contributed by atoms with Gasteiger partial charge in [-0.1, -0.05) is 22.0 Å². The summed E-state index contributed by atoms with van der Waals surface area (Å²) in [5, 5.41) is 10.0. The molecule has 0 amide bonds. The number of aliphatic hydroxyl groups is 1. The Morgan fingerprint density at radius 2 is 2.23 bits per heavy atom. The average Bonchev–Trinajstić information content (AvgIpc) is 2.16. The van der Waals surface area contributed by atoms with Gasteiger partial charge in [0, 0.05) is 5.33 Å². The van der Waals surface area contributed by atoms with Crippen LogP contribution in [0.4, 0.5) is 0 Å². The van der Waals surface area contributed by atoms with E-state index < -0.39 is 6.10 Å². The molecule has 0 aromatic heterocycles. The second kappa shape index (κ2) is 4.98. The zero-order valence-corrected chi connectivity index (χ0v) is 10.3. The Labute approximate surface area is 94.2 Å². The van der Waals surface area contributed by atoms with Crippen LogP contribution in [0.2, 0.25) is 0 Å². The molecule has 13 heavy (non-hydrogen) atoms. The standard InChI is InChI=1S/C9H10Br2O2/c1-13-9-3-2-6(4-7(9)11)8(12)5-10/h2-4,8,12H,5H2,1H3. The summed E-state index contributed by atoms with van der Waals surface area (Å²) in [4.78, 5) is 0. The molecule has 1 aromatic rings. The van der Waals surface area contributed by atoms with E-state index in [1.807, 2.05) is 18.2 Å². The number of benzene rings is 1. The van der Waals surface area contributed by atoms with Crippen molar-refractivity contribution in [1.82, 2.24) is 0 Å². The Kier molecular flexibility index (Phi) is 4.22. The van der Waals surface area contributed by atoms with Crippen molar-refractivity contribution in [3.8, 4) is 5.75 Å². The van der Waals surface area contributed by atoms with E-state index in [1.165, 1.54) is 0 Å². The van der Waals surface area contributed by atoms with Gasteiger partial charge in [-0.3, -0.25) is 0 Å². The van der Waals surface area contributed by atoms with E-state index in [0.717, 1.165) is 15.8 Å². The van der Waals surface area contributed by atoms with Gasteiger partial charge >= 0.3 is 0 Å². The Hall–Kier alpha value is -0.0600. The first-order chi connectivity index (χ1) is 6.19. The predicted octanol–water partition coefficient (Wildman–Crippen LogP) is 2.89. The molecule has 0 fully saturated rings. The van der Waals surface area contributed by atoms with Crippen molar-refractivity contribution in [1.29, 1.82) is 0 Å². The molecule has 0 bridgehead atoms. The van der Waals surface area contributed by atoms with Crippen molar-refractivity contribution in [2.24, 2.45) is 0 Å². The maximum atomic E-state index is 9.51. The lowest BCUT2D eigenvalue weighted by molar-refractivity contribution is 0.205. The van der Waals surface area contributed by atoms with Crippen LogP contribution < -0.4 is 4.74 Å². The van der Waals surface area contributed by atoms with E-state index in [-0.39, 0.29) is 0 Å². The van der Waals surface area contributed by atoms with Crippen LogP contribution in [0.1, 0.15) is 11.7 Å². The monoisotopic (exact) mass is 308 g/mol. The fourth-order valence-electron chi connectivity index (χ4n) is 0.979. The lowest BCUT2D eigenvalue weighted by Crippen LogP contribution is -1.98. The molecule has 1 unspecified atom stereocenters. The number of rotatable bonds is 3. The van der Waals surface area contributed by atoms with Crippen molar-refractivity contribution in [2.75, 3.05) is 12.4 Å². The highest BCUT2D eigenvalue weighted by Gasteiger charge is 2.07. The number of ether oxygens (including phenoxy) is 1. The van der Waals surface area contributed by atoms with E-state index in [2.05, 4.69) is 31.9 Å². The fourth-order valence-corrected chi connectivity index (χ4v) is 1.91. The van der Waals surface area contributed by atoms with Gasteiger partial charge in [0.25, 0.3) is 0 Å². The van der Waals surface area contributed by atoms with Crippen molar-refractivity contribution in [3.05, 3.63) is 28.2 Å². The number of hydrogen-bond donors (Lipinski definition) is 1. The van der Waals surface area contributed by atoms with Gasteiger partial charge in [0.2, 0.25) is 0 Å². The maximum Gasteiger partial charge on any atom is 0.133 e. The zero-order valence-electron chi connectivity index (χ0n) is 7.13. The summed E-state index contributed by atoms with van der Waals surface area (Å²) >= 11 is 6.57.